The molecule has 0 rings (SSSR count). The summed E-state index contributed by atoms with van der Waals surface area (Å²) < 4.78 is 0. The van der Waals surface area contributed by atoms with Gasteiger partial charge in [0.2, 0.25) is 0 Å². The van der Waals surface area contributed by atoms with E-state index >= 15 is 0 Å². The molecular formula is C14H32BrN. The minimum atomic E-state index is 0. The molecule has 0 unspecified atom stereocenters. The van der Waals surface area contributed by atoms with Crippen LogP contribution in [0.5, 0.6) is 0 Å². The van der Waals surface area contributed by atoms with Gasteiger partial charge in [-0.15, -0.1) is 17.0 Å². The van der Waals surface area contributed by atoms with Gasteiger partial charge < -0.3 is 5.32 Å². The largest absolute Gasteiger partial charge is 0.320 e. The van der Waals surface area contributed by atoms with E-state index in [2.05, 4.69) is 12.2 Å². The summed E-state index contributed by atoms with van der Waals surface area (Å²) in [7, 11) is 2.04. The van der Waals surface area contributed by atoms with Crippen LogP contribution in [0.2, 0.25) is 0 Å². The summed E-state index contributed by atoms with van der Waals surface area (Å²) in [5.41, 5.74) is 0. The molecule has 0 aliphatic rings. The molecule has 16 heavy (non-hydrogen) atoms. The van der Waals surface area contributed by atoms with Crippen molar-refractivity contribution >= 4 is 17.0 Å². The van der Waals surface area contributed by atoms with E-state index in [4.69, 9.17) is 0 Å². The Morgan fingerprint density at radius 1 is 0.625 bits per heavy atom. The number of hydrogen-bond donors (Lipinski definition) is 1. The fraction of sp³-hybridized carbons (Fsp3) is 1.00. The van der Waals surface area contributed by atoms with Crippen molar-refractivity contribution in [3.05, 3.63) is 0 Å². The Morgan fingerprint density at radius 3 is 1.38 bits per heavy atom. The van der Waals surface area contributed by atoms with Gasteiger partial charge in [-0.2, -0.15) is 0 Å². The second-order valence-corrected chi connectivity index (χ2v) is 4.64. The van der Waals surface area contributed by atoms with E-state index in [-0.39, 0.29) is 17.0 Å². The molecule has 0 aromatic rings. The van der Waals surface area contributed by atoms with E-state index in [9.17, 15) is 0 Å². The van der Waals surface area contributed by atoms with Crippen LogP contribution in [0.1, 0.15) is 77.6 Å². The lowest BCUT2D eigenvalue weighted by Gasteiger charge is -2.02. The van der Waals surface area contributed by atoms with Gasteiger partial charge in [0.25, 0.3) is 0 Å². The van der Waals surface area contributed by atoms with E-state index < -0.39 is 0 Å². The van der Waals surface area contributed by atoms with Gasteiger partial charge in [-0.3, -0.25) is 0 Å². The molecule has 0 aliphatic heterocycles. The van der Waals surface area contributed by atoms with Crippen molar-refractivity contribution in [3.8, 4) is 0 Å². The first-order valence-corrected chi connectivity index (χ1v) is 7.06. The maximum Gasteiger partial charge on any atom is -0.00519 e. The Morgan fingerprint density at radius 2 is 1.00 bits per heavy atom. The Bertz CT molecular complexity index is 94.9. The van der Waals surface area contributed by atoms with Gasteiger partial charge in [-0.25, -0.2) is 0 Å². The van der Waals surface area contributed by atoms with Crippen LogP contribution in [0.4, 0.5) is 0 Å². The molecule has 0 fully saturated rings. The third kappa shape index (κ3) is 16.9. The highest BCUT2D eigenvalue weighted by Gasteiger charge is 1.92. The number of halogens is 1. The first kappa shape index (κ1) is 18.8. The first-order valence-electron chi connectivity index (χ1n) is 7.06. The number of hydrogen-bond acceptors (Lipinski definition) is 1. The third-order valence-corrected chi connectivity index (χ3v) is 3.03. The molecule has 2 heteroatoms. The molecule has 0 spiro atoms. The van der Waals surface area contributed by atoms with Crippen LogP contribution >= 0.6 is 17.0 Å². The van der Waals surface area contributed by atoms with Gasteiger partial charge in [0.1, 0.15) is 0 Å². The molecule has 0 aromatic heterocycles. The molecule has 100 valence electrons. The molecule has 1 N–H and O–H groups in total. The molecule has 0 saturated carbocycles. The monoisotopic (exact) mass is 293 g/mol. The highest BCUT2D eigenvalue weighted by Crippen LogP contribution is 2.10. The first-order chi connectivity index (χ1) is 7.41. The molecule has 0 aromatic carbocycles. The van der Waals surface area contributed by atoms with E-state index in [1.807, 2.05) is 7.05 Å². The molecule has 0 saturated heterocycles. The minimum absolute atomic E-state index is 0. The van der Waals surface area contributed by atoms with Crippen molar-refractivity contribution < 1.29 is 0 Å². The second-order valence-electron chi connectivity index (χ2n) is 4.64. The molecule has 0 atom stereocenters. The van der Waals surface area contributed by atoms with Crippen LogP contribution in [0.25, 0.3) is 0 Å². The summed E-state index contributed by atoms with van der Waals surface area (Å²) in [6.07, 6.45) is 15.8. The zero-order valence-corrected chi connectivity index (χ0v) is 13.1. The van der Waals surface area contributed by atoms with E-state index in [0.717, 1.165) is 0 Å². The molecule has 0 radical (unpaired) electrons. The van der Waals surface area contributed by atoms with Crippen LogP contribution in [-0.2, 0) is 0 Å². The smallest absolute Gasteiger partial charge is 0.00519 e. The topological polar surface area (TPSA) is 12.0 Å². The molecule has 0 aliphatic carbocycles. The van der Waals surface area contributed by atoms with Crippen molar-refractivity contribution in [3.63, 3.8) is 0 Å². The summed E-state index contributed by atoms with van der Waals surface area (Å²) in [5, 5.41) is 3.20. The number of unbranched alkanes of at least 4 members (excludes halogenated alkanes) is 10. The Kier molecular flexibility index (Phi) is 20.9. The maximum absolute atomic E-state index is 3.20. The minimum Gasteiger partial charge on any atom is -0.320 e. The Labute approximate surface area is 114 Å². The van der Waals surface area contributed by atoms with Crippen LogP contribution in [0.3, 0.4) is 0 Å². The van der Waals surface area contributed by atoms with Crippen molar-refractivity contribution in [1.82, 2.24) is 5.32 Å². The predicted molar refractivity (Wildman–Crippen MR) is 80.7 cm³/mol. The Balaban J connectivity index is 0. The molecule has 1 nitrogen and oxygen atoms in total. The van der Waals surface area contributed by atoms with Gasteiger partial charge in [0.15, 0.2) is 0 Å². The summed E-state index contributed by atoms with van der Waals surface area (Å²) in [6.45, 7) is 3.47. The fourth-order valence-electron chi connectivity index (χ4n) is 1.97. The average molecular weight is 294 g/mol. The van der Waals surface area contributed by atoms with E-state index in [1.54, 1.807) is 0 Å². The standard InChI is InChI=1S/C14H31N.BrH/c1-3-4-5-6-7-8-9-10-11-12-13-14-15-2;/h15H,3-14H2,1-2H3;1H. The maximum atomic E-state index is 3.20. The zero-order valence-electron chi connectivity index (χ0n) is 11.4. The molecule has 0 bridgehead atoms. The third-order valence-electron chi connectivity index (χ3n) is 3.03. The second kappa shape index (κ2) is 17.8. The molecular weight excluding hydrogens is 262 g/mol. The number of rotatable bonds is 12. The number of nitrogens with one attached hydrogen (secondary N) is 1. The highest BCUT2D eigenvalue weighted by molar-refractivity contribution is 8.93. The van der Waals surface area contributed by atoms with Gasteiger partial charge in [0, 0.05) is 0 Å². The summed E-state index contributed by atoms with van der Waals surface area (Å²) in [6, 6.07) is 0. The average Bonchev–Trinajstić information content (AvgIpc) is 2.26. The quantitative estimate of drug-likeness (QED) is 0.494. The summed E-state index contributed by atoms with van der Waals surface area (Å²) in [4.78, 5) is 0. The van der Waals surface area contributed by atoms with Crippen molar-refractivity contribution in [1.29, 1.82) is 0 Å². The van der Waals surface area contributed by atoms with Gasteiger partial charge in [0.05, 0.1) is 0 Å². The lowest BCUT2D eigenvalue weighted by Crippen LogP contribution is -2.06. The highest BCUT2D eigenvalue weighted by atomic mass is 79.9. The van der Waals surface area contributed by atoms with Gasteiger partial charge in [-0.05, 0) is 20.0 Å². The van der Waals surface area contributed by atoms with E-state index in [1.165, 1.54) is 77.2 Å². The van der Waals surface area contributed by atoms with Crippen LogP contribution in [-0.4, -0.2) is 13.6 Å². The lowest BCUT2D eigenvalue weighted by molar-refractivity contribution is 0.545. The molecule has 0 heterocycles. The molecule has 0 amide bonds. The SMILES string of the molecule is Br.CCCCCCCCCCCCCNC. The zero-order chi connectivity index (χ0) is 11.2. The summed E-state index contributed by atoms with van der Waals surface area (Å²) in [5.74, 6) is 0. The van der Waals surface area contributed by atoms with E-state index in [0.29, 0.717) is 0 Å². The Hall–Kier alpha value is 0.440. The van der Waals surface area contributed by atoms with Gasteiger partial charge >= 0.3 is 0 Å². The van der Waals surface area contributed by atoms with Crippen molar-refractivity contribution in [2.75, 3.05) is 13.6 Å². The van der Waals surface area contributed by atoms with Crippen molar-refractivity contribution in [2.24, 2.45) is 0 Å². The van der Waals surface area contributed by atoms with Crippen molar-refractivity contribution in [2.45, 2.75) is 77.6 Å². The van der Waals surface area contributed by atoms with Crippen LogP contribution in [0, 0.1) is 0 Å². The summed E-state index contributed by atoms with van der Waals surface area (Å²) >= 11 is 0. The predicted octanol–water partition coefficient (Wildman–Crippen LogP) is 5.09. The van der Waals surface area contributed by atoms with Crippen LogP contribution in [0.15, 0.2) is 0 Å². The fourth-order valence-corrected chi connectivity index (χ4v) is 1.97. The van der Waals surface area contributed by atoms with Crippen LogP contribution < -0.4 is 5.32 Å². The lowest BCUT2D eigenvalue weighted by atomic mass is 10.1. The van der Waals surface area contributed by atoms with Gasteiger partial charge in [-0.1, -0.05) is 71.1 Å². The normalized spacial score (nSPS) is 10.1.